The Hall–Kier alpha value is -1.85. The molecule has 1 aromatic heterocycles. The minimum Gasteiger partial charge on any atom is -0.481 e. The maximum absolute atomic E-state index is 12.6. The molecule has 0 saturated heterocycles. The highest BCUT2D eigenvalue weighted by Gasteiger charge is 2.33. The summed E-state index contributed by atoms with van der Waals surface area (Å²) in [5.74, 6) is -0.933. The first kappa shape index (κ1) is 18.5. The predicted octanol–water partition coefficient (Wildman–Crippen LogP) is 3.21. The lowest BCUT2D eigenvalue weighted by Crippen LogP contribution is -2.34. The molecule has 1 aromatic rings. The molecule has 0 spiro atoms. The molecule has 1 aliphatic rings. The number of aromatic nitrogens is 2. The van der Waals surface area contributed by atoms with Crippen molar-refractivity contribution in [2.45, 2.75) is 65.3 Å². The van der Waals surface area contributed by atoms with Crippen LogP contribution in [-0.2, 0) is 4.79 Å². The summed E-state index contributed by atoms with van der Waals surface area (Å²) in [7, 11) is 0. The Morgan fingerprint density at radius 1 is 1.38 bits per heavy atom. The van der Waals surface area contributed by atoms with Crippen molar-refractivity contribution >= 4 is 11.9 Å². The monoisotopic (exact) mass is 335 g/mol. The van der Waals surface area contributed by atoms with Crippen LogP contribution in [-0.4, -0.2) is 33.3 Å². The standard InChI is InChI=1S/C18H29N3O3/c1-5-12(4)21-16(13-6-7-13)15(10-20-21)17(22)19-9-14(18(23)24)8-11(2)3/h10-14H,5-9H2,1-4H3,(H,19,22)(H,23,24). The number of amides is 1. The van der Waals surface area contributed by atoms with Crippen molar-refractivity contribution in [2.75, 3.05) is 6.54 Å². The van der Waals surface area contributed by atoms with E-state index >= 15 is 0 Å². The number of hydrogen-bond acceptors (Lipinski definition) is 3. The van der Waals surface area contributed by atoms with Gasteiger partial charge in [-0.2, -0.15) is 5.10 Å². The summed E-state index contributed by atoms with van der Waals surface area (Å²) in [5, 5.41) is 16.5. The van der Waals surface area contributed by atoms with Crippen LogP contribution in [0, 0.1) is 11.8 Å². The van der Waals surface area contributed by atoms with E-state index in [9.17, 15) is 14.7 Å². The molecule has 2 N–H and O–H groups in total. The molecule has 134 valence electrons. The van der Waals surface area contributed by atoms with Gasteiger partial charge in [-0.25, -0.2) is 0 Å². The first-order valence-electron chi connectivity index (χ1n) is 8.93. The lowest BCUT2D eigenvalue weighted by atomic mass is 9.97. The molecular formula is C18H29N3O3. The van der Waals surface area contributed by atoms with Gasteiger partial charge in [0.25, 0.3) is 5.91 Å². The summed E-state index contributed by atoms with van der Waals surface area (Å²) >= 11 is 0. The first-order valence-corrected chi connectivity index (χ1v) is 8.93. The van der Waals surface area contributed by atoms with Gasteiger partial charge < -0.3 is 10.4 Å². The van der Waals surface area contributed by atoms with Crippen LogP contribution in [0.2, 0.25) is 0 Å². The molecule has 24 heavy (non-hydrogen) atoms. The molecular weight excluding hydrogens is 306 g/mol. The number of carboxylic acid groups (broad SMARTS) is 1. The largest absolute Gasteiger partial charge is 0.481 e. The first-order chi connectivity index (χ1) is 11.3. The summed E-state index contributed by atoms with van der Waals surface area (Å²) in [5.41, 5.74) is 1.61. The van der Waals surface area contributed by atoms with Crippen molar-refractivity contribution in [3.05, 3.63) is 17.5 Å². The summed E-state index contributed by atoms with van der Waals surface area (Å²) in [6.45, 7) is 8.33. The van der Waals surface area contributed by atoms with Crippen LogP contribution in [0.25, 0.3) is 0 Å². The fraction of sp³-hybridized carbons (Fsp3) is 0.722. The van der Waals surface area contributed by atoms with Crippen LogP contribution in [0.5, 0.6) is 0 Å². The lowest BCUT2D eigenvalue weighted by molar-refractivity contribution is -0.142. The molecule has 0 radical (unpaired) electrons. The van der Waals surface area contributed by atoms with Crippen molar-refractivity contribution in [3.63, 3.8) is 0 Å². The summed E-state index contributed by atoms with van der Waals surface area (Å²) in [6.07, 6.45) is 5.32. The number of carboxylic acids is 1. The van der Waals surface area contributed by atoms with E-state index in [1.165, 1.54) is 0 Å². The molecule has 6 nitrogen and oxygen atoms in total. The Bertz CT molecular complexity index is 590. The molecule has 0 aromatic carbocycles. The highest BCUT2D eigenvalue weighted by molar-refractivity contribution is 5.95. The van der Waals surface area contributed by atoms with E-state index in [2.05, 4.69) is 24.3 Å². The maximum atomic E-state index is 12.6. The second kappa shape index (κ2) is 7.81. The topological polar surface area (TPSA) is 84.2 Å². The van der Waals surface area contributed by atoms with E-state index in [4.69, 9.17) is 0 Å². The number of rotatable bonds is 9. The fourth-order valence-electron chi connectivity index (χ4n) is 2.99. The van der Waals surface area contributed by atoms with Gasteiger partial charge in [-0.3, -0.25) is 14.3 Å². The predicted molar refractivity (Wildman–Crippen MR) is 92.1 cm³/mol. The smallest absolute Gasteiger partial charge is 0.308 e. The van der Waals surface area contributed by atoms with Crippen LogP contribution in [0.3, 0.4) is 0 Å². The zero-order valence-electron chi connectivity index (χ0n) is 15.1. The molecule has 0 aliphatic heterocycles. The van der Waals surface area contributed by atoms with Gasteiger partial charge in [0.2, 0.25) is 0 Å². The zero-order chi connectivity index (χ0) is 17.9. The van der Waals surface area contributed by atoms with Gasteiger partial charge >= 0.3 is 5.97 Å². The molecule has 0 bridgehead atoms. The Balaban J connectivity index is 2.09. The highest BCUT2D eigenvalue weighted by Crippen LogP contribution is 2.42. The van der Waals surface area contributed by atoms with Gasteiger partial charge in [0.05, 0.1) is 23.4 Å². The summed E-state index contributed by atoms with van der Waals surface area (Å²) in [6, 6.07) is 0.259. The average Bonchev–Trinajstić information content (AvgIpc) is 3.27. The average molecular weight is 335 g/mol. The van der Waals surface area contributed by atoms with Crippen molar-refractivity contribution in [1.82, 2.24) is 15.1 Å². The van der Waals surface area contributed by atoms with Crippen LogP contribution in [0.4, 0.5) is 0 Å². The molecule has 2 atom stereocenters. The van der Waals surface area contributed by atoms with Crippen molar-refractivity contribution < 1.29 is 14.7 Å². The van der Waals surface area contributed by atoms with Crippen LogP contribution in [0.15, 0.2) is 6.20 Å². The third kappa shape index (κ3) is 4.36. The van der Waals surface area contributed by atoms with Crippen molar-refractivity contribution in [3.8, 4) is 0 Å². The van der Waals surface area contributed by atoms with E-state index in [-0.39, 0.29) is 24.4 Å². The van der Waals surface area contributed by atoms with E-state index in [0.717, 1.165) is 25.0 Å². The van der Waals surface area contributed by atoms with Gasteiger partial charge in [0.1, 0.15) is 0 Å². The molecule has 2 rings (SSSR count). The van der Waals surface area contributed by atoms with E-state index in [0.29, 0.717) is 17.9 Å². The van der Waals surface area contributed by atoms with Gasteiger partial charge in [-0.15, -0.1) is 0 Å². The second-order valence-electron chi connectivity index (χ2n) is 7.29. The number of nitrogens with zero attached hydrogens (tertiary/aromatic N) is 2. The van der Waals surface area contributed by atoms with E-state index in [1.54, 1.807) is 6.20 Å². The minimum absolute atomic E-state index is 0.158. The van der Waals surface area contributed by atoms with Gasteiger partial charge in [-0.05, 0) is 38.5 Å². The normalized spacial score (nSPS) is 16.9. The zero-order valence-corrected chi connectivity index (χ0v) is 15.1. The second-order valence-corrected chi connectivity index (χ2v) is 7.29. The summed E-state index contributed by atoms with van der Waals surface area (Å²) < 4.78 is 1.97. The number of hydrogen-bond donors (Lipinski definition) is 2. The third-order valence-corrected chi connectivity index (χ3v) is 4.67. The van der Waals surface area contributed by atoms with Crippen molar-refractivity contribution in [1.29, 1.82) is 0 Å². The fourth-order valence-corrected chi connectivity index (χ4v) is 2.99. The third-order valence-electron chi connectivity index (χ3n) is 4.67. The van der Waals surface area contributed by atoms with Crippen LogP contribution >= 0.6 is 0 Å². The van der Waals surface area contributed by atoms with Gasteiger partial charge in [-0.1, -0.05) is 20.8 Å². The number of carbonyl (C=O) groups excluding carboxylic acids is 1. The Morgan fingerprint density at radius 2 is 2.04 bits per heavy atom. The number of aliphatic carboxylic acids is 1. The van der Waals surface area contributed by atoms with E-state index < -0.39 is 11.9 Å². The van der Waals surface area contributed by atoms with Gasteiger partial charge in [0, 0.05) is 18.5 Å². The Morgan fingerprint density at radius 3 is 2.54 bits per heavy atom. The van der Waals surface area contributed by atoms with Crippen molar-refractivity contribution in [2.24, 2.45) is 11.8 Å². The van der Waals surface area contributed by atoms with Gasteiger partial charge in [0.15, 0.2) is 0 Å². The lowest BCUT2D eigenvalue weighted by Gasteiger charge is -2.16. The maximum Gasteiger partial charge on any atom is 0.308 e. The molecule has 1 amide bonds. The molecule has 1 saturated carbocycles. The highest BCUT2D eigenvalue weighted by atomic mass is 16.4. The van der Waals surface area contributed by atoms with E-state index in [1.807, 2.05) is 18.5 Å². The minimum atomic E-state index is -0.860. The van der Waals surface area contributed by atoms with Crippen LogP contribution in [0.1, 0.15) is 81.4 Å². The Kier molecular flexibility index (Phi) is 6.02. The summed E-state index contributed by atoms with van der Waals surface area (Å²) in [4.78, 5) is 23.9. The van der Waals surface area contributed by atoms with Crippen LogP contribution < -0.4 is 5.32 Å². The molecule has 1 heterocycles. The molecule has 1 fully saturated rings. The quantitative estimate of drug-likeness (QED) is 0.726. The molecule has 2 unspecified atom stereocenters. The SMILES string of the molecule is CCC(C)n1ncc(C(=O)NCC(CC(C)C)C(=O)O)c1C1CC1. The molecule has 6 heteroatoms. The Labute approximate surface area is 143 Å². The number of carbonyl (C=O) groups is 2. The molecule has 1 aliphatic carbocycles. The number of nitrogens with one attached hydrogen (secondary N) is 1.